The normalized spacial score (nSPS) is 20.8. The van der Waals surface area contributed by atoms with E-state index in [1.54, 1.807) is 14.2 Å². The average molecular weight is 429 g/mol. The summed E-state index contributed by atoms with van der Waals surface area (Å²) in [6.45, 7) is 2.45. The minimum absolute atomic E-state index is 0.317. The molecule has 6 rings (SSSR count). The van der Waals surface area contributed by atoms with Crippen molar-refractivity contribution in [2.24, 2.45) is 0 Å². The predicted octanol–water partition coefficient (Wildman–Crippen LogP) is 4.90. The molecule has 0 aliphatic carbocycles. The molecular formula is C27H28N2O3. The van der Waals surface area contributed by atoms with Crippen LogP contribution in [0, 0.1) is 0 Å². The second-order valence-corrected chi connectivity index (χ2v) is 8.84. The van der Waals surface area contributed by atoms with Crippen molar-refractivity contribution >= 4 is 5.69 Å². The molecule has 0 bridgehead atoms. The Morgan fingerprint density at radius 1 is 1.03 bits per heavy atom. The summed E-state index contributed by atoms with van der Waals surface area (Å²) < 4.78 is 17.3. The number of anilines is 1. The van der Waals surface area contributed by atoms with E-state index in [1.165, 1.54) is 27.8 Å². The molecule has 0 amide bonds. The second kappa shape index (κ2) is 7.75. The van der Waals surface area contributed by atoms with Gasteiger partial charge in [0.2, 0.25) is 0 Å². The molecule has 32 heavy (non-hydrogen) atoms. The Balaban J connectivity index is 1.52. The standard InChI is InChI=1S/C27H28N2O3/c1-30-24-9-8-19-21(12-17-6-4-3-5-7-17)26-20-14-23-25(32-16-28-23)13-18(20)10-11-29(26)15-22(19)27(24)31-2/h3-9,13-14,21,26,28H,10-12,15-16H2,1-2H3/t21-,26-/m0/s1. The largest absolute Gasteiger partial charge is 0.493 e. The molecule has 5 nitrogen and oxygen atoms in total. The van der Waals surface area contributed by atoms with Crippen molar-refractivity contribution in [3.8, 4) is 17.2 Å². The Morgan fingerprint density at radius 3 is 2.72 bits per heavy atom. The molecular weight excluding hydrogens is 400 g/mol. The Hall–Kier alpha value is -3.18. The number of rotatable bonds is 4. The number of nitrogens with one attached hydrogen (secondary N) is 1. The maximum atomic E-state index is 5.86. The summed E-state index contributed by atoms with van der Waals surface area (Å²) in [7, 11) is 3.46. The zero-order chi connectivity index (χ0) is 21.7. The van der Waals surface area contributed by atoms with Gasteiger partial charge in [-0.1, -0.05) is 36.4 Å². The van der Waals surface area contributed by atoms with Gasteiger partial charge in [0.05, 0.1) is 19.9 Å². The van der Waals surface area contributed by atoms with Gasteiger partial charge in [-0.25, -0.2) is 0 Å². The molecule has 3 heterocycles. The van der Waals surface area contributed by atoms with Crippen molar-refractivity contribution in [2.75, 3.05) is 32.8 Å². The van der Waals surface area contributed by atoms with Gasteiger partial charge in [0.15, 0.2) is 18.2 Å². The van der Waals surface area contributed by atoms with Crippen LogP contribution in [-0.2, 0) is 19.4 Å². The molecule has 0 saturated heterocycles. The number of benzene rings is 3. The van der Waals surface area contributed by atoms with E-state index in [9.17, 15) is 0 Å². The first kappa shape index (κ1) is 19.5. The molecule has 0 saturated carbocycles. The second-order valence-electron chi connectivity index (χ2n) is 8.84. The van der Waals surface area contributed by atoms with E-state index in [2.05, 4.69) is 64.8 Å². The van der Waals surface area contributed by atoms with Gasteiger partial charge in [0.1, 0.15) is 5.75 Å². The summed E-state index contributed by atoms with van der Waals surface area (Å²) in [4.78, 5) is 2.63. The van der Waals surface area contributed by atoms with Crippen LogP contribution in [0.25, 0.3) is 0 Å². The van der Waals surface area contributed by atoms with Crippen LogP contribution in [0.3, 0.4) is 0 Å². The Kier molecular flexibility index (Phi) is 4.72. The molecule has 2 atom stereocenters. The molecule has 3 aliphatic heterocycles. The van der Waals surface area contributed by atoms with E-state index in [0.29, 0.717) is 18.7 Å². The predicted molar refractivity (Wildman–Crippen MR) is 125 cm³/mol. The monoisotopic (exact) mass is 428 g/mol. The highest BCUT2D eigenvalue weighted by Gasteiger charge is 2.41. The number of hydrogen-bond acceptors (Lipinski definition) is 5. The van der Waals surface area contributed by atoms with Crippen LogP contribution in [-0.4, -0.2) is 32.4 Å². The maximum absolute atomic E-state index is 5.86. The quantitative estimate of drug-likeness (QED) is 0.640. The summed E-state index contributed by atoms with van der Waals surface area (Å²) >= 11 is 0. The lowest BCUT2D eigenvalue weighted by atomic mass is 9.73. The highest BCUT2D eigenvalue weighted by atomic mass is 16.5. The van der Waals surface area contributed by atoms with Crippen molar-refractivity contribution in [1.82, 2.24) is 4.90 Å². The van der Waals surface area contributed by atoms with E-state index in [0.717, 1.165) is 48.9 Å². The third-order valence-electron chi connectivity index (χ3n) is 7.24. The zero-order valence-electron chi connectivity index (χ0n) is 18.6. The van der Waals surface area contributed by atoms with Crippen LogP contribution >= 0.6 is 0 Å². The number of nitrogens with zero attached hydrogens (tertiary/aromatic N) is 1. The fourth-order valence-electron chi connectivity index (χ4n) is 5.81. The topological polar surface area (TPSA) is 43.0 Å². The van der Waals surface area contributed by atoms with Crippen molar-refractivity contribution in [1.29, 1.82) is 0 Å². The lowest BCUT2D eigenvalue weighted by molar-refractivity contribution is 0.130. The first-order valence-corrected chi connectivity index (χ1v) is 11.3. The summed E-state index contributed by atoms with van der Waals surface area (Å²) in [6.07, 6.45) is 2.01. The summed E-state index contributed by atoms with van der Waals surface area (Å²) in [5.41, 5.74) is 7.93. The molecule has 0 fully saturated rings. The third-order valence-corrected chi connectivity index (χ3v) is 7.24. The molecule has 0 unspecified atom stereocenters. The van der Waals surface area contributed by atoms with Crippen LogP contribution in [0.4, 0.5) is 5.69 Å². The zero-order valence-corrected chi connectivity index (χ0v) is 18.6. The van der Waals surface area contributed by atoms with E-state index >= 15 is 0 Å². The SMILES string of the molecule is COc1ccc2c(c1OC)CN1CCc3cc4c(cc3[C@H]1[C@H]2Cc1ccccc1)NCO4. The highest BCUT2D eigenvalue weighted by molar-refractivity contribution is 5.64. The molecule has 1 N–H and O–H groups in total. The first-order valence-electron chi connectivity index (χ1n) is 11.3. The van der Waals surface area contributed by atoms with Gasteiger partial charge in [-0.15, -0.1) is 0 Å². The van der Waals surface area contributed by atoms with Crippen LogP contribution < -0.4 is 19.5 Å². The van der Waals surface area contributed by atoms with Crippen LogP contribution in [0.1, 0.15) is 39.8 Å². The molecule has 0 aromatic heterocycles. The minimum atomic E-state index is 0.317. The third kappa shape index (κ3) is 3.03. The van der Waals surface area contributed by atoms with Gasteiger partial charge in [-0.2, -0.15) is 0 Å². The van der Waals surface area contributed by atoms with Gasteiger partial charge in [0.25, 0.3) is 0 Å². The number of ether oxygens (including phenoxy) is 3. The van der Waals surface area contributed by atoms with Gasteiger partial charge in [-0.05, 0) is 53.3 Å². The summed E-state index contributed by atoms with van der Waals surface area (Å²) in [5, 5.41) is 3.39. The van der Waals surface area contributed by atoms with E-state index < -0.39 is 0 Å². The van der Waals surface area contributed by atoms with E-state index in [4.69, 9.17) is 14.2 Å². The van der Waals surface area contributed by atoms with E-state index in [1.807, 2.05) is 0 Å². The molecule has 0 spiro atoms. The maximum Gasteiger partial charge on any atom is 0.165 e. The van der Waals surface area contributed by atoms with Crippen molar-refractivity contribution < 1.29 is 14.2 Å². The summed E-state index contributed by atoms with van der Waals surface area (Å²) in [6, 6.07) is 20.0. The van der Waals surface area contributed by atoms with Crippen molar-refractivity contribution in [2.45, 2.75) is 31.3 Å². The lowest BCUT2D eigenvalue weighted by Crippen LogP contribution is -2.42. The minimum Gasteiger partial charge on any atom is -0.493 e. The molecule has 3 aliphatic rings. The lowest BCUT2D eigenvalue weighted by Gasteiger charge is -2.46. The highest BCUT2D eigenvalue weighted by Crippen LogP contribution is 2.52. The van der Waals surface area contributed by atoms with E-state index in [-0.39, 0.29) is 0 Å². The first-order chi connectivity index (χ1) is 15.8. The summed E-state index contributed by atoms with van der Waals surface area (Å²) in [5.74, 6) is 2.98. The van der Waals surface area contributed by atoms with Crippen molar-refractivity contribution in [3.63, 3.8) is 0 Å². The number of hydrogen-bond donors (Lipinski definition) is 1. The number of methoxy groups -OCH3 is 2. The Bertz CT molecular complexity index is 1160. The fraction of sp³-hybridized carbons (Fsp3) is 0.333. The average Bonchev–Trinajstić information content (AvgIpc) is 3.29. The molecule has 164 valence electrons. The van der Waals surface area contributed by atoms with Crippen LogP contribution in [0.15, 0.2) is 54.6 Å². The Labute approximate surface area is 188 Å². The van der Waals surface area contributed by atoms with Gasteiger partial charge < -0.3 is 19.5 Å². The van der Waals surface area contributed by atoms with Crippen LogP contribution in [0.2, 0.25) is 0 Å². The van der Waals surface area contributed by atoms with Crippen LogP contribution in [0.5, 0.6) is 17.2 Å². The molecule has 0 radical (unpaired) electrons. The number of fused-ring (bicyclic) bond motifs is 5. The van der Waals surface area contributed by atoms with Gasteiger partial charge >= 0.3 is 0 Å². The smallest absolute Gasteiger partial charge is 0.165 e. The molecule has 5 heteroatoms. The van der Waals surface area contributed by atoms with Gasteiger partial charge in [-0.3, -0.25) is 4.90 Å². The molecule has 3 aromatic carbocycles. The fourth-order valence-corrected chi connectivity index (χ4v) is 5.81. The van der Waals surface area contributed by atoms with Crippen molar-refractivity contribution in [3.05, 3.63) is 82.4 Å². The molecule has 3 aromatic rings. The van der Waals surface area contributed by atoms with Gasteiger partial charge in [0, 0.05) is 30.6 Å². The Morgan fingerprint density at radius 2 is 1.91 bits per heavy atom.